The Balaban J connectivity index is 2.64. The Kier molecular flexibility index (Phi) is 3.01. The molecule has 0 aromatic heterocycles. The van der Waals surface area contributed by atoms with Crippen LogP contribution in [-0.2, 0) is 4.79 Å². The van der Waals surface area contributed by atoms with Gasteiger partial charge in [-0.05, 0) is 12.1 Å². The third-order valence-corrected chi connectivity index (χ3v) is 1.40. The number of hydrogen-bond acceptors (Lipinski definition) is 5. The predicted molar refractivity (Wildman–Crippen MR) is 43.6 cm³/mol. The quantitative estimate of drug-likeness (QED) is 0.487. The zero-order valence-corrected chi connectivity index (χ0v) is 7.00. The smallest absolute Gasteiger partial charge is 0.269 e. The molecule has 0 saturated carbocycles. The molecule has 1 aromatic carbocycles. The first-order valence-electron chi connectivity index (χ1n) is 3.66. The number of ether oxygens (including phenoxy) is 1. The molecule has 14 heavy (non-hydrogen) atoms. The number of aliphatic carboxylic acids is 1. The van der Waals surface area contributed by atoms with Crippen molar-refractivity contribution >= 4 is 11.7 Å². The number of nitro benzene ring substituents is 1. The summed E-state index contributed by atoms with van der Waals surface area (Å²) in [5.74, 6) is -1.09. The van der Waals surface area contributed by atoms with Gasteiger partial charge in [-0.2, -0.15) is 0 Å². The fourth-order valence-corrected chi connectivity index (χ4v) is 0.806. The van der Waals surface area contributed by atoms with Crippen molar-refractivity contribution in [3.63, 3.8) is 0 Å². The molecule has 1 rings (SSSR count). The Labute approximate surface area is 78.9 Å². The molecule has 0 radical (unpaired) electrons. The summed E-state index contributed by atoms with van der Waals surface area (Å²) in [7, 11) is 0. The van der Waals surface area contributed by atoms with Crippen LogP contribution >= 0.6 is 0 Å². The van der Waals surface area contributed by atoms with Crippen LogP contribution in [0.3, 0.4) is 0 Å². The first kappa shape index (κ1) is 9.97. The minimum absolute atomic E-state index is 0.0780. The molecule has 0 atom stereocenters. The lowest BCUT2D eigenvalue weighted by Crippen LogP contribution is -2.28. The van der Waals surface area contributed by atoms with Crippen LogP contribution in [-0.4, -0.2) is 17.5 Å². The Bertz CT molecular complexity index is 345. The normalized spacial score (nSPS) is 9.43. The molecule has 0 amide bonds. The Morgan fingerprint density at radius 3 is 2.36 bits per heavy atom. The molecule has 0 spiro atoms. The number of nitro groups is 1. The largest absolute Gasteiger partial charge is 0.546 e. The summed E-state index contributed by atoms with van der Waals surface area (Å²) in [6.07, 6.45) is 0. The van der Waals surface area contributed by atoms with E-state index in [9.17, 15) is 20.0 Å². The molecule has 74 valence electrons. The summed E-state index contributed by atoms with van der Waals surface area (Å²) < 4.78 is 4.72. The maximum atomic E-state index is 10.2. The number of non-ortho nitro benzene ring substituents is 1. The fourth-order valence-electron chi connectivity index (χ4n) is 0.806. The summed E-state index contributed by atoms with van der Waals surface area (Å²) in [5.41, 5.74) is -0.0780. The second-order valence-corrected chi connectivity index (χ2v) is 2.41. The summed E-state index contributed by atoms with van der Waals surface area (Å²) in [4.78, 5) is 19.7. The van der Waals surface area contributed by atoms with Crippen LogP contribution in [0.4, 0.5) is 5.69 Å². The Morgan fingerprint density at radius 2 is 1.93 bits per heavy atom. The van der Waals surface area contributed by atoms with E-state index in [-0.39, 0.29) is 11.4 Å². The van der Waals surface area contributed by atoms with Crippen LogP contribution in [0.25, 0.3) is 0 Å². The maximum absolute atomic E-state index is 10.2. The van der Waals surface area contributed by atoms with Crippen molar-refractivity contribution in [3.8, 4) is 5.75 Å². The minimum atomic E-state index is -1.34. The third kappa shape index (κ3) is 2.74. The van der Waals surface area contributed by atoms with Gasteiger partial charge in [0.2, 0.25) is 0 Å². The molecule has 0 bridgehead atoms. The fraction of sp³-hybridized carbons (Fsp3) is 0.125. The average Bonchev–Trinajstić information content (AvgIpc) is 2.15. The minimum Gasteiger partial charge on any atom is -0.546 e. The predicted octanol–water partition coefficient (Wildman–Crippen LogP) is -0.277. The molecular weight excluding hydrogens is 190 g/mol. The van der Waals surface area contributed by atoms with Gasteiger partial charge < -0.3 is 14.6 Å². The van der Waals surface area contributed by atoms with Gasteiger partial charge in [-0.3, -0.25) is 10.1 Å². The van der Waals surface area contributed by atoms with Crippen molar-refractivity contribution in [2.24, 2.45) is 0 Å². The molecule has 0 aliphatic carbocycles. The topological polar surface area (TPSA) is 92.5 Å². The summed E-state index contributed by atoms with van der Waals surface area (Å²) >= 11 is 0. The summed E-state index contributed by atoms with van der Waals surface area (Å²) in [6, 6.07) is 5.09. The van der Waals surface area contributed by atoms with Gasteiger partial charge in [0.05, 0.1) is 10.9 Å². The number of carboxylic acid groups (broad SMARTS) is 1. The molecule has 0 aliphatic rings. The van der Waals surface area contributed by atoms with E-state index in [1.165, 1.54) is 24.3 Å². The highest BCUT2D eigenvalue weighted by atomic mass is 16.6. The number of benzene rings is 1. The molecule has 0 aliphatic heterocycles. The lowest BCUT2D eigenvalue weighted by molar-refractivity contribution is -0.384. The van der Waals surface area contributed by atoms with E-state index in [4.69, 9.17) is 4.74 Å². The van der Waals surface area contributed by atoms with Gasteiger partial charge >= 0.3 is 0 Å². The van der Waals surface area contributed by atoms with Crippen molar-refractivity contribution in [1.29, 1.82) is 0 Å². The summed E-state index contributed by atoms with van der Waals surface area (Å²) in [5, 5.41) is 20.2. The molecule has 1 aromatic rings. The number of rotatable bonds is 4. The van der Waals surface area contributed by atoms with Crippen LogP contribution in [0.1, 0.15) is 0 Å². The average molecular weight is 196 g/mol. The van der Waals surface area contributed by atoms with Crippen LogP contribution in [0.15, 0.2) is 24.3 Å². The third-order valence-electron chi connectivity index (χ3n) is 1.40. The van der Waals surface area contributed by atoms with E-state index in [2.05, 4.69) is 0 Å². The van der Waals surface area contributed by atoms with Crippen molar-refractivity contribution < 1.29 is 19.6 Å². The highest BCUT2D eigenvalue weighted by Crippen LogP contribution is 2.16. The van der Waals surface area contributed by atoms with Crippen LogP contribution in [0.5, 0.6) is 5.75 Å². The molecule has 6 heteroatoms. The summed E-state index contributed by atoms with van der Waals surface area (Å²) in [6.45, 7) is -0.572. The lowest BCUT2D eigenvalue weighted by atomic mass is 10.3. The van der Waals surface area contributed by atoms with Gasteiger partial charge in [-0.25, -0.2) is 0 Å². The van der Waals surface area contributed by atoms with Gasteiger partial charge in [-0.1, -0.05) is 0 Å². The zero-order valence-electron chi connectivity index (χ0n) is 7.00. The lowest BCUT2D eigenvalue weighted by Gasteiger charge is -2.05. The monoisotopic (exact) mass is 196 g/mol. The van der Waals surface area contributed by atoms with E-state index in [1.54, 1.807) is 0 Å². The number of carboxylic acids is 1. The second kappa shape index (κ2) is 4.22. The maximum Gasteiger partial charge on any atom is 0.269 e. The first-order valence-corrected chi connectivity index (χ1v) is 3.66. The highest BCUT2D eigenvalue weighted by molar-refractivity contribution is 5.66. The van der Waals surface area contributed by atoms with Gasteiger partial charge in [0, 0.05) is 12.1 Å². The molecule has 0 N–H and O–H groups in total. The second-order valence-electron chi connectivity index (χ2n) is 2.41. The number of hydrogen-bond donors (Lipinski definition) is 0. The van der Waals surface area contributed by atoms with Crippen LogP contribution in [0, 0.1) is 10.1 Å². The Morgan fingerprint density at radius 1 is 1.36 bits per heavy atom. The van der Waals surface area contributed by atoms with E-state index in [1.807, 2.05) is 0 Å². The molecule has 0 heterocycles. The van der Waals surface area contributed by atoms with Crippen LogP contribution in [0.2, 0.25) is 0 Å². The highest BCUT2D eigenvalue weighted by Gasteiger charge is 2.03. The number of carbonyl (C=O) groups is 1. The van der Waals surface area contributed by atoms with E-state index in [0.29, 0.717) is 0 Å². The SMILES string of the molecule is O=C([O-])COc1ccc([N+](=O)[O-])cc1. The van der Waals surface area contributed by atoms with Crippen molar-refractivity contribution in [2.75, 3.05) is 6.61 Å². The van der Waals surface area contributed by atoms with Gasteiger partial charge in [-0.15, -0.1) is 0 Å². The van der Waals surface area contributed by atoms with Gasteiger partial charge in [0.15, 0.2) is 0 Å². The number of nitrogens with zero attached hydrogens (tertiary/aromatic N) is 1. The molecule has 0 saturated heterocycles. The zero-order chi connectivity index (χ0) is 10.6. The molecule has 0 unspecified atom stereocenters. The van der Waals surface area contributed by atoms with E-state index >= 15 is 0 Å². The van der Waals surface area contributed by atoms with E-state index < -0.39 is 17.5 Å². The van der Waals surface area contributed by atoms with E-state index in [0.717, 1.165) is 0 Å². The Hall–Kier alpha value is -2.11. The molecule has 0 fully saturated rings. The van der Waals surface area contributed by atoms with Gasteiger partial charge in [0.1, 0.15) is 12.4 Å². The van der Waals surface area contributed by atoms with Crippen molar-refractivity contribution in [1.82, 2.24) is 0 Å². The molecule has 6 nitrogen and oxygen atoms in total. The first-order chi connectivity index (χ1) is 6.59. The number of carbonyl (C=O) groups excluding carboxylic acids is 1. The van der Waals surface area contributed by atoms with Gasteiger partial charge in [0.25, 0.3) is 5.69 Å². The van der Waals surface area contributed by atoms with Crippen molar-refractivity contribution in [2.45, 2.75) is 0 Å². The standard InChI is InChI=1S/C8H7NO5/c10-8(11)5-14-7-3-1-6(2-4-7)9(12)13/h1-4H,5H2,(H,10,11)/p-1. The van der Waals surface area contributed by atoms with Crippen LogP contribution < -0.4 is 9.84 Å². The molecular formula is C8H6NO5-. The van der Waals surface area contributed by atoms with Crippen molar-refractivity contribution in [3.05, 3.63) is 34.4 Å².